The molecule has 0 aliphatic heterocycles. The number of rotatable bonds is 3. The topological polar surface area (TPSA) is 53.2 Å². The standard InChI is InChI=1S/C21H18N2O3/c1-2-26-21(25)23-19-10-6-5-9-18(19)20(24)22(23)14-15-11-12-16-7-3-4-8-17(16)13-15/h3-13H,2,14H2,1H3. The van der Waals surface area contributed by atoms with E-state index >= 15 is 0 Å². The summed E-state index contributed by atoms with van der Waals surface area (Å²) in [4.78, 5) is 25.3. The number of fused-ring (bicyclic) bond motifs is 2. The molecule has 0 N–H and O–H groups in total. The van der Waals surface area contributed by atoms with Crippen molar-refractivity contribution in [3.63, 3.8) is 0 Å². The molecule has 0 spiro atoms. The lowest BCUT2D eigenvalue weighted by molar-refractivity contribution is 0.147. The number of aromatic nitrogens is 2. The summed E-state index contributed by atoms with van der Waals surface area (Å²) >= 11 is 0. The van der Waals surface area contributed by atoms with Crippen molar-refractivity contribution >= 4 is 27.8 Å². The molecule has 1 aromatic heterocycles. The zero-order valence-corrected chi connectivity index (χ0v) is 14.4. The van der Waals surface area contributed by atoms with Crippen molar-refractivity contribution in [2.75, 3.05) is 6.61 Å². The molecule has 0 amide bonds. The normalized spacial score (nSPS) is 11.1. The SMILES string of the molecule is CCOC(=O)n1c2ccccc2c(=O)n1Cc1ccc2ccccc2c1. The molecule has 3 aromatic carbocycles. The quantitative estimate of drug-likeness (QED) is 0.563. The van der Waals surface area contributed by atoms with Crippen molar-refractivity contribution in [3.05, 3.63) is 82.6 Å². The highest BCUT2D eigenvalue weighted by molar-refractivity contribution is 5.88. The molecule has 0 aliphatic rings. The van der Waals surface area contributed by atoms with Crippen LogP contribution in [0.3, 0.4) is 0 Å². The van der Waals surface area contributed by atoms with Gasteiger partial charge in [0.15, 0.2) is 0 Å². The second-order valence-corrected chi connectivity index (χ2v) is 6.07. The Morgan fingerprint density at radius 3 is 2.50 bits per heavy atom. The van der Waals surface area contributed by atoms with Gasteiger partial charge in [-0.2, -0.15) is 4.68 Å². The number of nitrogens with zero attached hydrogens (tertiary/aromatic N) is 2. The monoisotopic (exact) mass is 346 g/mol. The zero-order chi connectivity index (χ0) is 18.1. The predicted octanol–water partition coefficient (Wildman–Crippen LogP) is 4.01. The van der Waals surface area contributed by atoms with Crippen LogP contribution in [0.2, 0.25) is 0 Å². The summed E-state index contributed by atoms with van der Waals surface area (Å²) in [6.45, 7) is 2.28. The van der Waals surface area contributed by atoms with E-state index in [9.17, 15) is 9.59 Å². The molecule has 0 aliphatic carbocycles. The fourth-order valence-corrected chi connectivity index (χ4v) is 3.23. The smallest absolute Gasteiger partial charge is 0.433 e. The Kier molecular flexibility index (Phi) is 4.05. The van der Waals surface area contributed by atoms with Gasteiger partial charge in [-0.25, -0.2) is 9.48 Å². The number of hydrogen-bond donors (Lipinski definition) is 0. The first kappa shape index (κ1) is 16.1. The molecule has 0 bridgehead atoms. The number of benzene rings is 3. The van der Waals surface area contributed by atoms with Crippen LogP contribution in [0.15, 0.2) is 71.5 Å². The highest BCUT2D eigenvalue weighted by Gasteiger charge is 2.19. The van der Waals surface area contributed by atoms with Crippen LogP contribution in [-0.2, 0) is 11.3 Å². The second kappa shape index (κ2) is 6.52. The molecular formula is C21H18N2O3. The van der Waals surface area contributed by atoms with Gasteiger partial charge in [-0.1, -0.05) is 48.5 Å². The number of carbonyl (C=O) groups is 1. The average Bonchev–Trinajstić information content (AvgIpc) is 2.94. The molecule has 0 saturated carbocycles. The Labute approximate surface area is 150 Å². The predicted molar refractivity (Wildman–Crippen MR) is 102 cm³/mol. The molecule has 26 heavy (non-hydrogen) atoms. The summed E-state index contributed by atoms with van der Waals surface area (Å²) in [5, 5.41) is 2.73. The third-order valence-corrected chi connectivity index (χ3v) is 4.43. The van der Waals surface area contributed by atoms with E-state index in [4.69, 9.17) is 4.74 Å². The first-order chi connectivity index (χ1) is 12.7. The molecule has 0 radical (unpaired) electrons. The summed E-state index contributed by atoms with van der Waals surface area (Å²) in [7, 11) is 0. The summed E-state index contributed by atoms with van der Waals surface area (Å²) in [6.07, 6.45) is -0.549. The van der Waals surface area contributed by atoms with Gasteiger partial charge in [0, 0.05) is 0 Å². The summed E-state index contributed by atoms with van der Waals surface area (Å²) in [5.74, 6) is 0. The van der Waals surface area contributed by atoms with E-state index in [1.165, 1.54) is 9.36 Å². The number of para-hydroxylation sites is 1. The third kappa shape index (κ3) is 2.67. The molecule has 0 fully saturated rings. The molecule has 0 atom stereocenters. The lowest BCUT2D eigenvalue weighted by Crippen LogP contribution is -2.28. The van der Waals surface area contributed by atoms with Crippen LogP contribution in [0.5, 0.6) is 0 Å². The van der Waals surface area contributed by atoms with Crippen molar-refractivity contribution < 1.29 is 9.53 Å². The maximum absolute atomic E-state index is 12.9. The third-order valence-electron chi connectivity index (χ3n) is 4.43. The van der Waals surface area contributed by atoms with E-state index < -0.39 is 6.09 Å². The van der Waals surface area contributed by atoms with Gasteiger partial charge in [0.25, 0.3) is 5.56 Å². The number of ether oxygens (including phenoxy) is 1. The van der Waals surface area contributed by atoms with Gasteiger partial charge >= 0.3 is 6.09 Å². The molecule has 130 valence electrons. The van der Waals surface area contributed by atoms with Crippen molar-refractivity contribution in [1.82, 2.24) is 9.36 Å². The van der Waals surface area contributed by atoms with Crippen LogP contribution in [0.4, 0.5) is 4.79 Å². The minimum atomic E-state index is -0.549. The maximum atomic E-state index is 12.9. The molecular weight excluding hydrogens is 328 g/mol. The minimum Gasteiger partial charge on any atom is -0.448 e. The number of hydrogen-bond acceptors (Lipinski definition) is 3. The molecule has 0 unspecified atom stereocenters. The Balaban J connectivity index is 1.86. The van der Waals surface area contributed by atoms with Gasteiger partial charge in [-0.15, -0.1) is 0 Å². The van der Waals surface area contributed by atoms with Gasteiger partial charge in [0.05, 0.1) is 24.1 Å². The van der Waals surface area contributed by atoms with E-state index in [2.05, 4.69) is 0 Å². The maximum Gasteiger partial charge on any atom is 0.433 e. The summed E-state index contributed by atoms with van der Waals surface area (Å²) in [6, 6.07) is 21.2. The lowest BCUT2D eigenvalue weighted by Gasteiger charge is -2.11. The van der Waals surface area contributed by atoms with Gasteiger partial charge in [0.1, 0.15) is 0 Å². The molecule has 4 rings (SSSR count). The molecule has 5 nitrogen and oxygen atoms in total. The fourth-order valence-electron chi connectivity index (χ4n) is 3.23. The highest BCUT2D eigenvalue weighted by atomic mass is 16.6. The Morgan fingerprint density at radius 1 is 0.962 bits per heavy atom. The van der Waals surface area contributed by atoms with Crippen molar-refractivity contribution in [3.8, 4) is 0 Å². The lowest BCUT2D eigenvalue weighted by atomic mass is 10.1. The Bertz CT molecular complexity index is 1170. The molecule has 5 heteroatoms. The van der Waals surface area contributed by atoms with E-state index in [0.29, 0.717) is 10.9 Å². The molecule has 4 aromatic rings. The van der Waals surface area contributed by atoms with Crippen LogP contribution in [0, 0.1) is 0 Å². The van der Waals surface area contributed by atoms with Crippen LogP contribution < -0.4 is 5.56 Å². The van der Waals surface area contributed by atoms with Crippen molar-refractivity contribution in [2.24, 2.45) is 0 Å². The van der Waals surface area contributed by atoms with Gasteiger partial charge in [-0.3, -0.25) is 4.79 Å². The van der Waals surface area contributed by atoms with Crippen LogP contribution in [-0.4, -0.2) is 22.1 Å². The minimum absolute atomic E-state index is 0.207. The van der Waals surface area contributed by atoms with Gasteiger partial charge in [0.2, 0.25) is 0 Å². The Morgan fingerprint density at radius 2 is 1.69 bits per heavy atom. The van der Waals surface area contributed by atoms with Crippen LogP contribution in [0.1, 0.15) is 12.5 Å². The van der Waals surface area contributed by atoms with Crippen LogP contribution >= 0.6 is 0 Å². The first-order valence-corrected chi connectivity index (χ1v) is 8.54. The van der Waals surface area contributed by atoms with Crippen molar-refractivity contribution in [1.29, 1.82) is 0 Å². The highest BCUT2D eigenvalue weighted by Crippen LogP contribution is 2.18. The zero-order valence-electron chi connectivity index (χ0n) is 14.4. The molecule has 1 heterocycles. The Hall–Kier alpha value is -3.34. The fraction of sp³-hybridized carbons (Fsp3) is 0.143. The summed E-state index contributed by atoms with van der Waals surface area (Å²) in [5.41, 5.74) is 1.29. The summed E-state index contributed by atoms with van der Waals surface area (Å²) < 4.78 is 7.93. The van der Waals surface area contributed by atoms with Gasteiger partial charge < -0.3 is 4.74 Å². The van der Waals surface area contributed by atoms with E-state index in [1.54, 1.807) is 31.2 Å². The average molecular weight is 346 g/mol. The largest absolute Gasteiger partial charge is 0.448 e. The van der Waals surface area contributed by atoms with Crippen molar-refractivity contribution in [2.45, 2.75) is 13.5 Å². The number of carbonyl (C=O) groups excluding carboxylic acids is 1. The van der Waals surface area contributed by atoms with Gasteiger partial charge in [-0.05, 0) is 41.5 Å². The van der Waals surface area contributed by atoms with E-state index in [-0.39, 0.29) is 18.7 Å². The van der Waals surface area contributed by atoms with Crippen LogP contribution in [0.25, 0.3) is 21.7 Å². The molecule has 0 saturated heterocycles. The van der Waals surface area contributed by atoms with E-state index in [1.807, 2.05) is 42.5 Å². The first-order valence-electron chi connectivity index (χ1n) is 8.54. The second-order valence-electron chi connectivity index (χ2n) is 6.07. The van der Waals surface area contributed by atoms with E-state index in [0.717, 1.165) is 16.3 Å².